The summed E-state index contributed by atoms with van der Waals surface area (Å²) in [7, 11) is 0. The minimum atomic E-state index is -1.19. The summed E-state index contributed by atoms with van der Waals surface area (Å²) < 4.78 is 19.1. The fraction of sp³-hybridized carbons (Fsp3) is 0.458. The summed E-state index contributed by atoms with van der Waals surface area (Å²) in [6.07, 6.45) is 7.41. The molecule has 0 bridgehead atoms. The van der Waals surface area contributed by atoms with Crippen molar-refractivity contribution < 1.29 is 23.8 Å². The standard InChI is InChI=1S/C24H28ClFN2O4/c25-22-18(8-5-9-19(22)26)23(29)28-21(24(30)31)13-15-32-14-4-3-7-17-12-11-16-6-1-2-10-20(16)27-17/h5,8-9,11-12,21H,1-4,6-7,10,13-15H2,(H,28,29)(H,30,31)/t21-/m0/s1. The zero-order chi connectivity index (χ0) is 22.9. The number of nitrogens with zero attached hydrogens (tertiary/aromatic N) is 1. The molecular weight excluding hydrogens is 435 g/mol. The minimum absolute atomic E-state index is 0.0976. The Balaban J connectivity index is 1.35. The molecule has 8 heteroatoms. The number of nitrogens with one attached hydrogen (secondary N) is 1. The Bertz CT molecular complexity index is 954. The van der Waals surface area contributed by atoms with Gasteiger partial charge in [0.2, 0.25) is 0 Å². The van der Waals surface area contributed by atoms with E-state index in [-0.39, 0.29) is 23.6 Å². The second-order valence-corrected chi connectivity index (χ2v) is 8.32. The quantitative estimate of drug-likeness (QED) is 0.484. The van der Waals surface area contributed by atoms with Crippen LogP contribution in [0, 0.1) is 5.82 Å². The van der Waals surface area contributed by atoms with Crippen molar-refractivity contribution in [3.05, 3.63) is 63.7 Å². The fourth-order valence-corrected chi connectivity index (χ4v) is 3.96. The minimum Gasteiger partial charge on any atom is -0.480 e. The number of hydrogen-bond acceptors (Lipinski definition) is 4. The SMILES string of the molecule is O=C(N[C@@H](CCOCCCCc1ccc2c(n1)CCCC2)C(=O)O)c1cccc(F)c1Cl. The van der Waals surface area contributed by atoms with E-state index in [1.165, 1.54) is 36.2 Å². The number of benzene rings is 1. The van der Waals surface area contributed by atoms with Gasteiger partial charge in [-0.15, -0.1) is 0 Å². The lowest BCUT2D eigenvalue weighted by molar-refractivity contribution is -0.139. The van der Waals surface area contributed by atoms with Crippen LogP contribution in [0.15, 0.2) is 30.3 Å². The van der Waals surface area contributed by atoms with Crippen LogP contribution in [0.4, 0.5) is 4.39 Å². The van der Waals surface area contributed by atoms with Crippen LogP contribution in [0.3, 0.4) is 0 Å². The summed E-state index contributed by atoms with van der Waals surface area (Å²) in [5.41, 5.74) is 3.62. The number of rotatable bonds is 11. The highest BCUT2D eigenvalue weighted by Crippen LogP contribution is 2.21. The highest BCUT2D eigenvalue weighted by atomic mass is 35.5. The van der Waals surface area contributed by atoms with E-state index >= 15 is 0 Å². The van der Waals surface area contributed by atoms with Gasteiger partial charge in [0.1, 0.15) is 11.9 Å². The van der Waals surface area contributed by atoms with E-state index in [9.17, 15) is 19.1 Å². The van der Waals surface area contributed by atoms with E-state index in [0.717, 1.165) is 43.9 Å². The Hall–Kier alpha value is -2.51. The zero-order valence-corrected chi connectivity index (χ0v) is 18.7. The number of aryl methyl sites for hydroxylation is 3. The summed E-state index contributed by atoms with van der Waals surface area (Å²) in [4.78, 5) is 28.5. The summed E-state index contributed by atoms with van der Waals surface area (Å²) in [6, 6.07) is 6.97. The van der Waals surface area contributed by atoms with Crippen molar-refractivity contribution in [1.82, 2.24) is 10.3 Å². The molecule has 3 rings (SSSR count). The molecule has 1 amide bonds. The largest absolute Gasteiger partial charge is 0.480 e. The number of aromatic nitrogens is 1. The maximum atomic E-state index is 13.5. The molecule has 1 aromatic carbocycles. The number of carboxylic acids is 1. The summed E-state index contributed by atoms with van der Waals surface area (Å²) in [5, 5.41) is 11.4. The molecule has 1 atom stereocenters. The van der Waals surface area contributed by atoms with Crippen molar-refractivity contribution in [2.45, 2.75) is 57.4 Å². The van der Waals surface area contributed by atoms with Crippen LogP contribution in [-0.4, -0.2) is 41.2 Å². The van der Waals surface area contributed by atoms with Crippen molar-refractivity contribution in [2.24, 2.45) is 0 Å². The third-order valence-electron chi connectivity index (χ3n) is 5.56. The molecule has 0 unspecified atom stereocenters. The molecule has 6 nitrogen and oxygen atoms in total. The number of carbonyl (C=O) groups excluding carboxylic acids is 1. The molecule has 1 heterocycles. The van der Waals surface area contributed by atoms with Crippen LogP contribution in [0.5, 0.6) is 0 Å². The maximum absolute atomic E-state index is 13.5. The van der Waals surface area contributed by atoms with Gasteiger partial charge in [-0.3, -0.25) is 9.78 Å². The molecule has 1 aliphatic carbocycles. The van der Waals surface area contributed by atoms with Crippen molar-refractivity contribution in [3.63, 3.8) is 0 Å². The van der Waals surface area contributed by atoms with Crippen molar-refractivity contribution in [1.29, 1.82) is 0 Å². The Kier molecular flexibility index (Phi) is 9.00. The molecule has 0 spiro atoms. The number of carbonyl (C=O) groups is 2. The lowest BCUT2D eigenvalue weighted by Gasteiger charge is -2.16. The first-order valence-electron chi connectivity index (χ1n) is 11.0. The predicted molar refractivity (Wildman–Crippen MR) is 120 cm³/mol. The third-order valence-corrected chi connectivity index (χ3v) is 5.94. The number of carboxylic acid groups (broad SMARTS) is 1. The number of amides is 1. The van der Waals surface area contributed by atoms with Gasteiger partial charge in [0.05, 0.1) is 10.6 Å². The number of pyridine rings is 1. The van der Waals surface area contributed by atoms with Crippen molar-refractivity contribution >= 4 is 23.5 Å². The van der Waals surface area contributed by atoms with E-state index < -0.39 is 23.7 Å². The first-order chi connectivity index (χ1) is 15.5. The number of unbranched alkanes of at least 4 members (excludes halogenated alkanes) is 1. The van der Waals surface area contributed by atoms with Gasteiger partial charge in [0.25, 0.3) is 5.91 Å². The average Bonchev–Trinajstić information content (AvgIpc) is 2.79. The van der Waals surface area contributed by atoms with Crippen LogP contribution in [-0.2, 0) is 28.8 Å². The van der Waals surface area contributed by atoms with Gasteiger partial charge in [-0.2, -0.15) is 0 Å². The van der Waals surface area contributed by atoms with Gasteiger partial charge < -0.3 is 15.2 Å². The number of aliphatic carboxylic acids is 1. The van der Waals surface area contributed by atoms with Gasteiger partial charge in [-0.05, 0) is 68.7 Å². The lowest BCUT2D eigenvalue weighted by Crippen LogP contribution is -2.41. The molecule has 0 aliphatic heterocycles. The number of fused-ring (bicyclic) bond motifs is 1. The first-order valence-corrected chi connectivity index (χ1v) is 11.4. The zero-order valence-electron chi connectivity index (χ0n) is 17.9. The van der Waals surface area contributed by atoms with Crippen LogP contribution in [0.25, 0.3) is 0 Å². The van der Waals surface area contributed by atoms with Crippen LogP contribution in [0.2, 0.25) is 5.02 Å². The van der Waals surface area contributed by atoms with Gasteiger partial charge in [0, 0.05) is 31.0 Å². The van der Waals surface area contributed by atoms with Crippen molar-refractivity contribution in [2.75, 3.05) is 13.2 Å². The Labute approximate surface area is 192 Å². The molecule has 1 aliphatic rings. The molecule has 32 heavy (non-hydrogen) atoms. The number of ether oxygens (including phenoxy) is 1. The van der Waals surface area contributed by atoms with Crippen LogP contribution < -0.4 is 5.32 Å². The molecule has 0 fully saturated rings. The third kappa shape index (κ3) is 6.74. The van der Waals surface area contributed by atoms with E-state index in [4.69, 9.17) is 21.3 Å². The van der Waals surface area contributed by atoms with Gasteiger partial charge >= 0.3 is 5.97 Å². The normalized spacial score (nSPS) is 13.9. The second kappa shape index (κ2) is 11.9. The number of halogens is 2. The number of hydrogen-bond donors (Lipinski definition) is 2. The smallest absolute Gasteiger partial charge is 0.326 e. The van der Waals surface area contributed by atoms with Crippen molar-refractivity contribution in [3.8, 4) is 0 Å². The van der Waals surface area contributed by atoms with Gasteiger partial charge in [-0.25, -0.2) is 9.18 Å². The highest BCUT2D eigenvalue weighted by Gasteiger charge is 2.22. The molecule has 0 radical (unpaired) electrons. The van der Waals surface area contributed by atoms with E-state index in [1.54, 1.807) is 0 Å². The monoisotopic (exact) mass is 462 g/mol. The molecule has 172 valence electrons. The summed E-state index contributed by atoms with van der Waals surface area (Å²) in [5.74, 6) is -2.66. The molecule has 0 saturated carbocycles. The lowest BCUT2D eigenvalue weighted by atomic mass is 9.95. The Morgan fingerprint density at radius 2 is 1.97 bits per heavy atom. The average molecular weight is 463 g/mol. The molecule has 0 saturated heterocycles. The fourth-order valence-electron chi connectivity index (χ4n) is 3.75. The van der Waals surface area contributed by atoms with Crippen LogP contribution >= 0.6 is 11.6 Å². The predicted octanol–water partition coefficient (Wildman–Crippen LogP) is 4.37. The molecule has 2 N–H and O–H groups in total. The Morgan fingerprint density at radius 1 is 1.16 bits per heavy atom. The summed E-state index contributed by atoms with van der Waals surface area (Å²) >= 11 is 5.79. The molecule has 1 aromatic heterocycles. The Morgan fingerprint density at radius 3 is 2.78 bits per heavy atom. The van der Waals surface area contributed by atoms with Gasteiger partial charge in [-0.1, -0.05) is 23.7 Å². The first kappa shape index (κ1) is 24.1. The topological polar surface area (TPSA) is 88.5 Å². The molecule has 2 aromatic rings. The molecular formula is C24H28ClFN2O4. The second-order valence-electron chi connectivity index (χ2n) is 7.94. The summed E-state index contributed by atoms with van der Waals surface area (Å²) in [6.45, 7) is 0.687. The van der Waals surface area contributed by atoms with E-state index in [1.807, 2.05) is 0 Å². The van der Waals surface area contributed by atoms with Gasteiger partial charge in [0.15, 0.2) is 0 Å². The maximum Gasteiger partial charge on any atom is 0.326 e. The van der Waals surface area contributed by atoms with E-state index in [0.29, 0.717) is 6.61 Å². The van der Waals surface area contributed by atoms with E-state index in [2.05, 4.69) is 17.4 Å². The highest BCUT2D eigenvalue weighted by molar-refractivity contribution is 6.34. The van der Waals surface area contributed by atoms with Crippen LogP contribution in [0.1, 0.15) is 59.4 Å².